The minimum absolute atomic E-state index is 0.504. The Hall–Kier alpha value is -0.0800. The first-order valence-corrected chi connectivity index (χ1v) is 5.63. The fourth-order valence-electron chi connectivity index (χ4n) is 2.48. The second-order valence-corrected chi connectivity index (χ2v) is 5.20. The smallest absolute Gasteiger partial charge is 0.00471 e. The van der Waals surface area contributed by atoms with Crippen LogP contribution in [0.3, 0.4) is 0 Å². The third-order valence-corrected chi connectivity index (χ3v) is 3.72. The molecule has 0 bridgehead atoms. The molecule has 2 nitrogen and oxygen atoms in total. The molecule has 0 amide bonds. The summed E-state index contributed by atoms with van der Waals surface area (Å²) >= 11 is 0. The molecule has 2 saturated carbocycles. The van der Waals surface area contributed by atoms with E-state index in [9.17, 15) is 0 Å². The quantitative estimate of drug-likeness (QED) is 0.697. The molecule has 2 rings (SSSR count). The van der Waals surface area contributed by atoms with Gasteiger partial charge in [-0.25, -0.2) is 0 Å². The third kappa shape index (κ3) is 2.23. The van der Waals surface area contributed by atoms with Crippen molar-refractivity contribution in [2.24, 2.45) is 17.1 Å². The van der Waals surface area contributed by atoms with Gasteiger partial charge >= 0.3 is 0 Å². The summed E-state index contributed by atoms with van der Waals surface area (Å²) in [5.41, 5.74) is 6.34. The van der Waals surface area contributed by atoms with Gasteiger partial charge in [-0.05, 0) is 50.6 Å². The molecule has 2 aliphatic carbocycles. The predicted molar refractivity (Wildman–Crippen MR) is 55.6 cm³/mol. The van der Waals surface area contributed by atoms with E-state index in [0.29, 0.717) is 5.41 Å². The lowest BCUT2D eigenvalue weighted by Crippen LogP contribution is -2.46. The van der Waals surface area contributed by atoms with Gasteiger partial charge in [0, 0.05) is 13.1 Å². The van der Waals surface area contributed by atoms with Crippen molar-refractivity contribution in [3.05, 3.63) is 0 Å². The summed E-state index contributed by atoms with van der Waals surface area (Å²) in [5.74, 6) is 1.01. The van der Waals surface area contributed by atoms with Gasteiger partial charge in [0.05, 0.1) is 0 Å². The van der Waals surface area contributed by atoms with Crippen molar-refractivity contribution in [3.8, 4) is 0 Å². The first kappa shape index (κ1) is 9.47. The van der Waals surface area contributed by atoms with Crippen LogP contribution < -0.4 is 5.73 Å². The fourth-order valence-corrected chi connectivity index (χ4v) is 2.48. The van der Waals surface area contributed by atoms with Crippen molar-refractivity contribution in [2.45, 2.75) is 32.1 Å². The first-order valence-electron chi connectivity index (χ1n) is 5.63. The molecule has 0 aromatic heterocycles. The summed E-state index contributed by atoms with van der Waals surface area (Å²) < 4.78 is 0. The summed E-state index contributed by atoms with van der Waals surface area (Å²) in [6.07, 6.45) is 7.03. The summed E-state index contributed by atoms with van der Waals surface area (Å²) in [5, 5.41) is 0. The highest BCUT2D eigenvalue weighted by Crippen LogP contribution is 2.41. The van der Waals surface area contributed by atoms with E-state index in [2.05, 4.69) is 11.9 Å². The number of rotatable bonds is 5. The molecule has 0 spiro atoms. The molecule has 0 saturated heterocycles. The molecule has 76 valence electrons. The van der Waals surface area contributed by atoms with Gasteiger partial charge in [0.25, 0.3) is 0 Å². The monoisotopic (exact) mass is 182 g/mol. The van der Waals surface area contributed by atoms with Crippen LogP contribution in [0.15, 0.2) is 0 Å². The molecule has 0 unspecified atom stereocenters. The molecular formula is C11H22N2. The zero-order chi connectivity index (χ0) is 9.31. The molecular weight excluding hydrogens is 160 g/mol. The van der Waals surface area contributed by atoms with Crippen LogP contribution in [0.4, 0.5) is 0 Å². The number of nitrogens with zero attached hydrogens (tertiary/aromatic N) is 1. The average Bonchev–Trinajstić information content (AvgIpc) is 2.80. The minimum atomic E-state index is 0.504. The molecule has 0 atom stereocenters. The molecule has 13 heavy (non-hydrogen) atoms. The number of hydrogen-bond donors (Lipinski definition) is 1. The van der Waals surface area contributed by atoms with Crippen molar-refractivity contribution in [1.82, 2.24) is 4.90 Å². The van der Waals surface area contributed by atoms with Gasteiger partial charge in [0.1, 0.15) is 0 Å². The molecule has 2 N–H and O–H groups in total. The van der Waals surface area contributed by atoms with Crippen molar-refractivity contribution in [1.29, 1.82) is 0 Å². The van der Waals surface area contributed by atoms with E-state index in [1.54, 1.807) is 0 Å². The van der Waals surface area contributed by atoms with E-state index < -0.39 is 0 Å². The van der Waals surface area contributed by atoms with Crippen LogP contribution in [0.2, 0.25) is 0 Å². The summed E-state index contributed by atoms with van der Waals surface area (Å²) in [6.45, 7) is 3.43. The number of nitrogens with two attached hydrogens (primary N) is 1. The van der Waals surface area contributed by atoms with E-state index in [1.807, 2.05) is 0 Å². The van der Waals surface area contributed by atoms with Crippen molar-refractivity contribution in [3.63, 3.8) is 0 Å². The van der Waals surface area contributed by atoms with Crippen LogP contribution in [-0.2, 0) is 0 Å². The Bertz CT molecular complexity index is 165. The lowest BCUT2D eigenvalue weighted by Gasteiger charge is -2.43. The molecule has 2 fully saturated rings. The fraction of sp³-hybridized carbons (Fsp3) is 1.00. The highest BCUT2D eigenvalue weighted by atomic mass is 15.1. The zero-order valence-electron chi connectivity index (χ0n) is 8.76. The second-order valence-electron chi connectivity index (χ2n) is 5.20. The van der Waals surface area contributed by atoms with Gasteiger partial charge < -0.3 is 10.6 Å². The zero-order valence-corrected chi connectivity index (χ0v) is 8.76. The van der Waals surface area contributed by atoms with Crippen molar-refractivity contribution in [2.75, 3.05) is 26.7 Å². The third-order valence-electron chi connectivity index (χ3n) is 3.72. The van der Waals surface area contributed by atoms with E-state index in [-0.39, 0.29) is 0 Å². The predicted octanol–water partition coefficient (Wildman–Crippen LogP) is 1.46. The minimum Gasteiger partial charge on any atom is -0.330 e. The lowest BCUT2D eigenvalue weighted by atomic mass is 9.68. The summed E-state index contributed by atoms with van der Waals surface area (Å²) in [4.78, 5) is 2.50. The van der Waals surface area contributed by atoms with E-state index in [0.717, 1.165) is 12.5 Å². The summed E-state index contributed by atoms with van der Waals surface area (Å²) in [7, 11) is 2.26. The molecule has 0 aliphatic heterocycles. The van der Waals surface area contributed by atoms with Gasteiger partial charge in [-0.1, -0.05) is 6.42 Å². The summed E-state index contributed by atoms with van der Waals surface area (Å²) in [6, 6.07) is 0. The maximum atomic E-state index is 5.84. The van der Waals surface area contributed by atoms with Crippen LogP contribution in [-0.4, -0.2) is 31.6 Å². The van der Waals surface area contributed by atoms with Crippen LogP contribution in [0.5, 0.6) is 0 Å². The topological polar surface area (TPSA) is 29.3 Å². The largest absolute Gasteiger partial charge is 0.330 e. The molecule has 0 heterocycles. The van der Waals surface area contributed by atoms with Gasteiger partial charge in [-0.2, -0.15) is 0 Å². The van der Waals surface area contributed by atoms with E-state index >= 15 is 0 Å². The van der Waals surface area contributed by atoms with Crippen LogP contribution in [0.1, 0.15) is 32.1 Å². The van der Waals surface area contributed by atoms with Crippen LogP contribution >= 0.6 is 0 Å². The van der Waals surface area contributed by atoms with Gasteiger partial charge in [0.2, 0.25) is 0 Å². The molecule has 0 aromatic rings. The second kappa shape index (κ2) is 3.58. The normalized spacial score (nSPS) is 26.1. The van der Waals surface area contributed by atoms with E-state index in [1.165, 1.54) is 45.2 Å². The Morgan fingerprint density at radius 2 is 2.08 bits per heavy atom. The molecule has 2 aliphatic rings. The number of hydrogen-bond acceptors (Lipinski definition) is 2. The van der Waals surface area contributed by atoms with Crippen molar-refractivity contribution >= 4 is 0 Å². The highest BCUT2D eigenvalue weighted by molar-refractivity contribution is 4.91. The van der Waals surface area contributed by atoms with Gasteiger partial charge in [0.15, 0.2) is 0 Å². The Morgan fingerprint density at radius 1 is 1.38 bits per heavy atom. The first-order chi connectivity index (χ1) is 6.24. The maximum absolute atomic E-state index is 5.84. The molecule has 0 radical (unpaired) electrons. The maximum Gasteiger partial charge on any atom is 0.00471 e. The van der Waals surface area contributed by atoms with Crippen molar-refractivity contribution < 1.29 is 0 Å². The van der Waals surface area contributed by atoms with Gasteiger partial charge in [-0.3, -0.25) is 0 Å². The van der Waals surface area contributed by atoms with Crippen LogP contribution in [0, 0.1) is 11.3 Å². The lowest BCUT2D eigenvalue weighted by molar-refractivity contribution is 0.0856. The van der Waals surface area contributed by atoms with E-state index in [4.69, 9.17) is 5.73 Å². The molecule has 0 aromatic carbocycles. The SMILES string of the molecule is CN(CC1CC1)CC1(CN)CCC1. The Balaban J connectivity index is 1.74. The Morgan fingerprint density at radius 3 is 2.46 bits per heavy atom. The Labute approximate surface area is 81.5 Å². The Kier molecular flexibility index (Phi) is 2.61. The molecule has 2 heteroatoms. The average molecular weight is 182 g/mol. The van der Waals surface area contributed by atoms with Gasteiger partial charge in [-0.15, -0.1) is 0 Å². The standard InChI is InChI=1S/C11H22N2/c1-13(7-10-3-4-10)9-11(8-12)5-2-6-11/h10H,2-9,12H2,1H3. The highest BCUT2D eigenvalue weighted by Gasteiger charge is 2.37. The van der Waals surface area contributed by atoms with Crippen LogP contribution in [0.25, 0.3) is 0 Å².